The molecule has 0 bridgehead atoms. The predicted octanol–water partition coefficient (Wildman–Crippen LogP) is 1.22. The van der Waals surface area contributed by atoms with Crippen molar-refractivity contribution in [2.24, 2.45) is 11.5 Å². The van der Waals surface area contributed by atoms with Crippen molar-refractivity contribution in [1.82, 2.24) is 5.32 Å². The zero-order valence-electron chi connectivity index (χ0n) is 10.9. The van der Waals surface area contributed by atoms with E-state index in [0.29, 0.717) is 13.1 Å². The first kappa shape index (κ1) is 17.1. The van der Waals surface area contributed by atoms with Crippen LogP contribution in [0.3, 0.4) is 0 Å². The number of halogens is 3. The van der Waals surface area contributed by atoms with Crippen LogP contribution in [0.1, 0.15) is 11.5 Å². The number of hydrogen-bond donors (Lipinski definition) is 4. The summed E-state index contributed by atoms with van der Waals surface area (Å²) in [7, 11) is 0. The molecule has 6 nitrogen and oxygen atoms in total. The average molecular weight is 307 g/mol. The molecule has 6 N–H and O–H groups in total. The van der Waals surface area contributed by atoms with Crippen molar-refractivity contribution in [2.75, 3.05) is 13.1 Å². The molecule has 0 saturated carbocycles. The third kappa shape index (κ3) is 6.32. The number of ether oxygens (including phenoxy) is 1. The third-order valence-electron chi connectivity index (χ3n) is 2.78. The van der Waals surface area contributed by atoms with Crippen molar-refractivity contribution >= 4 is 6.09 Å². The fraction of sp³-hybridized carbons (Fsp3) is 0.417. The second-order valence-electron chi connectivity index (χ2n) is 4.39. The van der Waals surface area contributed by atoms with E-state index < -0.39 is 12.5 Å². The molecule has 1 amide bonds. The molecule has 1 saturated heterocycles. The van der Waals surface area contributed by atoms with Crippen LogP contribution in [0.2, 0.25) is 0 Å². The molecule has 1 aromatic rings. The molecule has 0 aliphatic carbocycles. The van der Waals surface area contributed by atoms with E-state index in [1.54, 1.807) is 12.1 Å². The molecule has 9 heteroatoms. The van der Waals surface area contributed by atoms with Crippen LogP contribution >= 0.6 is 0 Å². The molecule has 1 aliphatic heterocycles. The number of hydrogen-bond acceptors (Lipinski definition) is 4. The van der Waals surface area contributed by atoms with E-state index in [2.05, 4.69) is 15.8 Å². The number of nitrogens with one attached hydrogen (secondary N) is 1. The molecular formula is C12H16F3N3O3. The maximum Gasteiger partial charge on any atom is 0.573 e. The normalized spacial score (nSPS) is 21.3. The first-order valence-corrected chi connectivity index (χ1v) is 5.99. The lowest BCUT2D eigenvalue weighted by Crippen LogP contribution is -2.27. The minimum absolute atomic E-state index is 0.0341. The molecule has 0 aromatic heterocycles. The van der Waals surface area contributed by atoms with Crippen molar-refractivity contribution in [3.8, 4) is 5.75 Å². The molecular weight excluding hydrogens is 291 g/mol. The molecule has 0 radical (unpaired) electrons. The highest BCUT2D eigenvalue weighted by atomic mass is 19.4. The largest absolute Gasteiger partial charge is 0.573 e. The summed E-state index contributed by atoms with van der Waals surface area (Å²) in [5.41, 5.74) is 10.7. The van der Waals surface area contributed by atoms with Gasteiger partial charge in [-0.05, 0) is 17.7 Å². The lowest BCUT2D eigenvalue weighted by atomic mass is 9.95. The van der Waals surface area contributed by atoms with Crippen LogP contribution in [0, 0.1) is 0 Å². The highest BCUT2D eigenvalue weighted by molar-refractivity contribution is 5.61. The van der Waals surface area contributed by atoms with Gasteiger partial charge in [0.15, 0.2) is 0 Å². The second-order valence-corrected chi connectivity index (χ2v) is 4.39. The van der Waals surface area contributed by atoms with Crippen LogP contribution in [0.25, 0.3) is 0 Å². The predicted molar refractivity (Wildman–Crippen MR) is 68.9 cm³/mol. The van der Waals surface area contributed by atoms with E-state index in [1.807, 2.05) is 0 Å². The molecule has 21 heavy (non-hydrogen) atoms. The number of rotatable bonds is 2. The minimum atomic E-state index is -4.66. The van der Waals surface area contributed by atoms with Crippen molar-refractivity contribution < 1.29 is 27.8 Å². The maximum absolute atomic E-state index is 12.1. The molecule has 2 rings (SSSR count). The quantitative estimate of drug-likeness (QED) is 0.656. The van der Waals surface area contributed by atoms with E-state index in [1.165, 1.54) is 12.1 Å². The summed E-state index contributed by atoms with van der Waals surface area (Å²) < 4.78 is 40.1. The summed E-state index contributed by atoms with van der Waals surface area (Å²) in [6.45, 7) is 1.35. The molecule has 1 aliphatic rings. The first-order valence-electron chi connectivity index (χ1n) is 5.99. The Balaban J connectivity index is 0.000000491. The van der Waals surface area contributed by atoms with Crippen LogP contribution in [-0.4, -0.2) is 36.7 Å². The van der Waals surface area contributed by atoms with Gasteiger partial charge in [-0.2, -0.15) is 0 Å². The topological polar surface area (TPSA) is 111 Å². The van der Waals surface area contributed by atoms with Crippen LogP contribution in [-0.2, 0) is 0 Å². The van der Waals surface area contributed by atoms with Gasteiger partial charge >= 0.3 is 12.5 Å². The Labute approximate surface area is 118 Å². The zero-order chi connectivity index (χ0) is 16.0. The van der Waals surface area contributed by atoms with Crippen molar-refractivity contribution in [2.45, 2.75) is 18.3 Å². The van der Waals surface area contributed by atoms with Crippen LogP contribution < -0.4 is 21.5 Å². The number of amides is 1. The number of carboxylic acid groups (broad SMARTS) is 1. The van der Waals surface area contributed by atoms with E-state index in [9.17, 15) is 13.2 Å². The second kappa shape index (κ2) is 7.14. The maximum atomic E-state index is 12.1. The van der Waals surface area contributed by atoms with Gasteiger partial charge in [0, 0.05) is 25.0 Å². The highest BCUT2D eigenvalue weighted by Crippen LogP contribution is 2.28. The van der Waals surface area contributed by atoms with Gasteiger partial charge in [-0.15, -0.1) is 13.2 Å². The SMILES string of the molecule is NC(=O)O.N[C@@H]1CNC[C@H]1c1cccc(OC(F)(F)F)c1. The van der Waals surface area contributed by atoms with Gasteiger partial charge in [0.25, 0.3) is 0 Å². The Kier molecular flexibility index (Phi) is 5.79. The molecule has 0 unspecified atom stereocenters. The standard InChI is InChI=1S/C11H13F3N2O.CH3NO2/c12-11(13,14)17-8-3-1-2-7(4-8)9-5-16-6-10(9)15;2-1(3)4/h1-4,9-10,16H,5-6,15H2;2H2,(H,3,4)/t9-,10+;/m0./s1. The Morgan fingerprint density at radius 3 is 2.48 bits per heavy atom. The summed E-state index contributed by atoms with van der Waals surface area (Å²) in [6.07, 6.45) is -5.99. The molecule has 0 spiro atoms. The van der Waals surface area contributed by atoms with Gasteiger partial charge in [-0.1, -0.05) is 12.1 Å². The molecule has 1 aromatic carbocycles. The summed E-state index contributed by atoms with van der Waals surface area (Å²) in [5.74, 6) is -0.166. The number of benzene rings is 1. The lowest BCUT2D eigenvalue weighted by Gasteiger charge is -2.16. The Morgan fingerprint density at radius 2 is 2.00 bits per heavy atom. The Bertz CT molecular complexity index is 478. The van der Waals surface area contributed by atoms with Gasteiger partial charge in [0.05, 0.1) is 0 Å². The van der Waals surface area contributed by atoms with Gasteiger partial charge in [0.2, 0.25) is 0 Å². The van der Waals surface area contributed by atoms with E-state index in [4.69, 9.17) is 15.6 Å². The highest BCUT2D eigenvalue weighted by Gasteiger charge is 2.32. The fourth-order valence-corrected chi connectivity index (χ4v) is 2.01. The number of nitrogens with two attached hydrogens (primary N) is 2. The van der Waals surface area contributed by atoms with Gasteiger partial charge < -0.3 is 26.6 Å². The Hall–Kier alpha value is -2.00. The van der Waals surface area contributed by atoms with Crippen molar-refractivity contribution in [3.05, 3.63) is 29.8 Å². The average Bonchev–Trinajstić information content (AvgIpc) is 2.72. The van der Waals surface area contributed by atoms with Crippen molar-refractivity contribution in [3.63, 3.8) is 0 Å². The third-order valence-corrected chi connectivity index (χ3v) is 2.78. The van der Waals surface area contributed by atoms with Crippen LogP contribution in [0.5, 0.6) is 5.75 Å². The number of primary amides is 1. The van der Waals surface area contributed by atoms with Gasteiger partial charge in [0.1, 0.15) is 5.75 Å². The first-order chi connectivity index (χ1) is 9.69. The number of carbonyl (C=O) groups is 1. The monoisotopic (exact) mass is 307 g/mol. The van der Waals surface area contributed by atoms with Gasteiger partial charge in [-0.3, -0.25) is 0 Å². The molecule has 1 fully saturated rings. The summed E-state index contributed by atoms with van der Waals surface area (Å²) in [5, 5.41) is 10.3. The van der Waals surface area contributed by atoms with Gasteiger partial charge in [-0.25, -0.2) is 4.79 Å². The van der Waals surface area contributed by atoms with Crippen LogP contribution in [0.4, 0.5) is 18.0 Å². The smallest absolute Gasteiger partial charge is 0.465 e. The van der Waals surface area contributed by atoms with E-state index >= 15 is 0 Å². The fourth-order valence-electron chi connectivity index (χ4n) is 2.01. The van der Waals surface area contributed by atoms with E-state index in [0.717, 1.165) is 5.56 Å². The Morgan fingerprint density at radius 1 is 1.38 bits per heavy atom. The summed E-state index contributed by atoms with van der Waals surface area (Å²) in [4.78, 5) is 8.78. The van der Waals surface area contributed by atoms with Crippen LogP contribution in [0.15, 0.2) is 24.3 Å². The summed E-state index contributed by atoms with van der Waals surface area (Å²) >= 11 is 0. The zero-order valence-corrected chi connectivity index (χ0v) is 10.9. The lowest BCUT2D eigenvalue weighted by molar-refractivity contribution is -0.274. The summed E-state index contributed by atoms with van der Waals surface area (Å²) in [6, 6.07) is 5.91. The molecule has 2 atom stereocenters. The number of alkyl halides is 3. The van der Waals surface area contributed by atoms with Crippen molar-refractivity contribution in [1.29, 1.82) is 0 Å². The van der Waals surface area contributed by atoms with E-state index in [-0.39, 0.29) is 17.7 Å². The minimum Gasteiger partial charge on any atom is -0.465 e. The molecule has 1 heterocycles. The molecule has 118 valence electrons.